The van der Waals surface area contributed by atoms with Gasteiger partial charge in [0.05, 0.1) is 5.75 Å². The Morgan fingerprint density at radius 3 is 2.38 bits per heavy atom. The van der Waals surface area contributed by atoms with Crippen molar-refractivity contribution in [3.63, 3.8) is 0 Å². The minimum atomic E-state index is -3.21. The normalized spacial score (nSPS) is 12.8. The minimum Gasteiger partial charge on any atom is -0.411 e. The number of halogens is 1. The van der Waals surface area contributed by atoms with E-state index < -0.39 is 9.84 Å². The lowest BCUT2D eigenvalue weighted by Crippen LogP contribution is -2.18. The maximum Gasteiger partial charge on any atom is 0.155 e. The van der Waals surface area contributed by atoms with Gasteiger partial charge in [-0.05, 0) is 12.1 Å². The SMILES string of the molecule is CCS(=O)(=O)C/C(=N\O)c1ccc(Cl)cc1. The average Bonchev–Trinajstić information content (AvgIpc) is 2.27. The third-order valence-electron chi connectivity index (χ3n) is 2.09. The number of oxime groups is 1. The number of rotatable bonds is 4. The zero-order valence-corrected chi connectivity index (χ0v) is 10.3. The summed E-state index contributed by atoms with van der Waals surface area (Å²) in [6.45, 7) is 1.55. The molecule has 0 fully saturated rings. The van der Waals surface area contributed by atoms with Crippen molar-refractivity contribution in [2.24, 2.45) is 5.16 Å². The van der Waals surface area contributed by atoms with Crippen LogP contribution in [0.4, 0.5) is 0 Å². The van der Waals surface area contributed by atoms with Crippen LogP contribution in [0.3, 0.4) is 0 Å². The summed E-state index contributed by atoms with van der Waals surface area (Å²) in [5.74, 6) is -0.263. The highest BCUT2D eigenvalue weighted by Gasteiger charge is 2.14. The van der Waals surface area contributed by atoms with Crippen molar-refractivity contribution in [2.45, 2.75) is 6.92 Å². The van der Waals surface area contributed by atoms with E-state index in [-0.39, 0.29) is 17.2 Å². The summed E-state index contributed by atoms with van der Waals surface area (Å²) in [5.41, 5.74) is 0.669. The molecule has 0 heterocycles. The van der Waals surface area contributed by atoms with Crippen molar-refractivity contribution < 1.29 is 13.6 Å². The third kappa shape index (κ3) is 3.50. The van der Waals surface area contributed by atoms with Gasteiger partial charge in [0, 0.05) is 16.3 Å². The molecule has 0 saturated heterocycles. The molecule has 0 atom stereocenters. The lowest BCUT2D eigenvalue weighted by Gasteiger charge is -2.04. The molecule has 0 unspecified atom stereocenters. The molecule has 0 radical (unpaired) electrons. The average molecular weight is 262 g/mol. The van der Waals surface area contributed by atoms with E-state index in [1.54, 1.807) is 31.2 Å². The summed E-state index contributed by atoms with van der Waals surface area (Å²) < 4.78 is 22.8. The predicted octanol–water partition coefficient (Wildman–Crippen LogP) is 1.95. The maximum atomic E-state index is 11.4. The smallest absolute Gasteiger partial charge is 0.155 e. The van der Waals surface area contributed by atoms with Crippen molar-refractivity contribution in [1.29, 1.82) is 0 Å². The Hall–Kier alpha value is -1.07. The van der Waals surface area contributed by atoms with Gasteiger partial charge < -0.3 is 5.21 Å². The molecule has 16 heavy (non-hydrogen) atoms. The van der Waals surface area contributed by atoms with Gasteiger partial charge in [-0.15, -0.1) is 0 Å². The van der Waals surface area contributed by atoms with Crippen molar-refractivity contribution in [1.82, 2.24) is 0 Å². The van der Waals surface area contributed by atoms with Crippen LogP contribution in [0, 0.1) is 0 Å². The Morgan fingerprint density at radius 2 is 1.94 bits per heavy atom. The number of benzene rings is 1. The van der Waals surface area contributed by atoms with E-state index in [0.717, 1.165) is 0 Å². The van der Waals surface area contributed by atoms with E-state index in [1.165, 1.54) is 0 Å². The fraction of sp³-hybridized carbons (Fsp3) is 0.300. The Morgan fingerprint density at radius 1 is 1.38 bits per heavy atom. The lowest BCUT2D eigenvalue weighted by atomic mass is 10.1. The molecule has 0 aliphatic rings. The molecule has 1 N–H and O–H groups in total. The summed E-state index contributed by atoms with van der Waals surface area (Å²) in [6, 6.07) is 6.45. The third-order valence-corrected chi connectivity index (χ3v) is 3.94. The van der Waals surface area contributed by atoms with Crippen molar-refractivity contribution in [3.05, 3.63) is 34.9 Å². The van der Waals surface area contributed by atoms with Crippen LogP contribution in [-0.2, 0) is 9.84 Å². The summed E-state index contributed by atoms with van der Waals surface area (Å²) in [4.78, 5) is 0. The molecule has 0 amide bonds. The van der Waals surface area contributed by atoms with E-state index >= 15 is 0 Å². The zero-order chi connectivity index (χ0) is 12.2. The molecule has 88 valence electrons. The van der Waals surface area contributed by atoms with Gasteiger partial charge in [-0.2, -0.15) is 0 Å². The van der Waals surface area contributed by atoms with Gasteiger partial charge in [-0.1, -0.05) is 35.8 Å². The van der Waals surface area contributed by atoms with Gasteiger partial charge in [0.1, 0.15) is 5.71 Å². The molecule has 0 aromatic heterocycles. The van der Waals surface area contributed by atoms with Crippen LogP contribution in [0.2, 0.25) is 5.02 Å². The van der Waals surface area contributed by atoms with E-state index in [2.05, 4.69) is 5.16 Å². The van der Waals surface area contributed by atoms with Crippen LogP contribution in [0.15, 0.2) is 29.4 Å². The van der Waals surface area contributed by atoms with Crippen LogP contribution in [0.25, 0.3) is 0 Å². The molecule has 6 heteroatoms. The highest BCUT2D eigenvalue weighted by atomic mass is 35.5. The first-order chi connectivity index (χ1) is 7.48. The van der Waals surface area contributed by atoms with Gasteiger partial charge >= 0.3 is 0 Å². The number of hydrogen-bond acceptors (Lipinski definition) is 4. The maximum absolute atomic E-state index is 11.4. The molecule has 1 rings (SSSR count). The molecular weight excluding hydrogens is 250 g/mol. The van der Waals surface area contributed by atoms with E-state index in [0.29, 0.717) is 10.6 Å². The predicted molar refractivity (Wildman–Crippen MR) is 64.1 cm³/mol. The Labute approximate surface area is 99.5 Å². The molecule has 1 aromatic rings. The molecule has 4 nitrogen and oxygen atoms in total. The number of sulfone groups is 1. The highest BCUT2D eigenvalue weighted by molar-refractivity contribution is 7.92. The number of nitrogens with zero attached hydrogens (tertiary/aromatic N) is 1. The van der Waals surface area contributed by atoms with Gasteiger partial charge in [0.2, 0.25) is 0 Å². The lowest BCUT2D eigenvalue weighted by molar-refractivity contribution is 0.319. The van der Waals surface area contributed by atoms with Crippen LogP contribution < -0.4 is 0 Å². The van der Waals surface area contributed by atoms with Crippen molar-refractivity contribution in [2.75, 3.05) is 11.5 Å². The molecule has 0 saturated carbocycles. The summed E-state index contributed by atoms with van der Waals surface area (Å²) in [5, 5.41) is 12.4. The van der Waals surface area contributed by atoms with E-state index in [9.17, 15) is 8.42 Å². The molecular formula is C10H12ClNO3S. The molecule has 0 aliphatic carbocycles. The van der Waals surface area contributed by atoms with E-state index in [4.69, 9.17) is 16.8 Å². The molecule has 0 spiro atoms. The standard InChI is InChI=1S/C10H12ClNO3S/c1-2-16(14,15)7-10(12-13)8-3-5-9(11)6-4-8/h3-6,13H,2,7H2,1H3/b12-10+. The van der Waals surface area contributed by atoms with Crippen LogP contribution >= 0.6 is 11.6 Å². The monoisotopic (exact) mass is 261 g/mol. The summed E-state index contributed by atoms with van der Waals surface area (Å²) >= 11 is 5.70. The van der Waals surface area contributed by atoms with Crippen molar-refractivity contribution in [3.8, 4) is 0 Å². The summed E-state index contributed by atoms with van der Waals surface area (Å²) in [6.07, 6.45) is 0. The van der Waals surface area contributed by atoms with Crippen LogP contribution in [-0.4, -0.2) is 30.8 Å². The zero-order valence-electron chi connectivity index (χ0n) is 8.72. The fourth-order valence-corrected chi connectivity index (χ4v) is 2.09. The van der Waals surface area contributed by atoms with E-state index in [1.807, 2.05) is 0 Å². The Bertz CT molecular complexity index is 479. The second-order valence-corrected chi connectivity index (χ2v) is 6.02. The first-order valence-electron chi connectivity index (χ1n) is 4.66. The van der Waals surface area contributed by atoms with Crippen LogP contribution in [0.1, 0.15) is 12.5 Å². The second kappa shape index (κ2) is 5.32. The number of hydrogen-bond donors (Lipinski definition) is 1. The molecule has 1 aromatic carbocycles. The molecule has 0 bridgehead atoms. The first kappa shape index (κ1) is 13.0. The quantitative estimate of drug-likeness (QED) is 0.512. The Kier molecular flexibility index (Phi) is 4.32. The minimum absolute atomic E-state index is 0.0135. The summed E-state index contributed by atoms with van der Waals surface area (Å²) in [7, 11) is -3.21. The highest BCUT2D eigenvalue weighted by Crippen LogP contribution is 2.11. The fourth-order valence-electron chi connectivity index (χ4n) is 1.12. The van der Waals surface area contributed by atoms with Gasteiger partial charge in [0.15, 0.2) is 9.84 Å². The van der Waals surface area contributed by atoms with Crippen LogP contribution in [0.5, 0.6) is 0 Å². The second-order valence-electron chi connectivity index (χ2n) is 3.23. The van der Waals surface area contributed by atoms with Gasteiger partial charge in [-0.25, -0.2) is 8.42 Å². The topological polar surface area (TPSA) is 66.7 Å². The first-order valence-corrected chi connectivity index (χ1v) is 6.85. The Balaban J connectivity index is 2.97. The van der Waals surface area contributed by atoms with Gasteiger partial charge in [-0.3, -0.25) is 0 Å². The largest absolute Gasteiger partial charge is 0.411 e. The molecule has 0 aliphatic heterocycles. The van der Waals surface area contributed by atoms with Crippen molar-refractivity contribution >= 4 is 27.1 Å². The van der Waals surface area contributed by atoms with Gasteiger partial charge in [0.25, 0.3) is 0 Å².